The lowest BCUT2D eigenvalue weighted by atomic mass is 10.3. The molecule has 0 aliphatic rings. The Morgan fingerprint density at radius 3 is 1.75 bits per heavy atom. The smallest absolute Gasteiger partial charge is 0.247 e. The molecule has 0 aliphatic heterocycles. The van der Waals surface area contributed by atoms with Crippen molar-refractivity contribution in [3.05, 3.63) is 0 Å². The predicted octanol–water partition coefficient (Wildman–Crippen LogP) is 2.30. The van der Waals surface area contributed by atoms with Crippen molar-refractivity contribution in [3.63, 3.8) is 0 Å². The molecule has 0 saturated heterocycles. The van der Waals surface area contributed by atoms with Crippen LogP contribution < -0.4 is 0 Å². The van der Waals surface area contributed by atoms with Crippen molar-refractivity contribution >= 4 is 0 Å². The molecule has 0 radical (unpaired) electrons. The van der Waals surface area contributed by atoms with Crippen LogP contribution in [0.25, 0.3) is 0 Å². The lowest BCUT2D eigenvalue weighted by Gasteiger charge is -2.04. The Labute approximate surface area is 44.5 Å². The van der Waals surface area contributed by atoms with E-state index in [9.17, 15) is 17.6 Å². The summed E-state index contributed by atoms with van der Waals surface area (Å²) in [6.07, 6.45) is -7.48. The molecule has 0 fully saturated rings. The zero-order chi connectivity index (χ0) is 6.78. The third-order valence-electron chi connectivity index (χ3n) is 0.513. The van der Waals surface area contributed by atoms with Gasteiger partial charge in [-0.3, -0.25) is 0 Å². The molecule has 0 spiro atoms. The fourth-order valence-electron chi connectivity index (χ4n) is 0.319. The van der Waals surface area contributed by atoms with E-state index in [0.29, 0.717) is 0 Å². The second kappa shape index (κ2) is 2.33. The first-order valence-corrected chi connectivity index (χ1v) is 2.12. The van der Waals surface area contributed by atoms with Gasteiger partial charge in [-0.15, -0.1) is 0 Å². The van der Waals surface area contributed by atoms with E-state index in [2.05, 4.69) is 0 Å². The van der Waals surface area contributed by atoms with Gasteiger partial charge in [0.05, 0.1) is 6.42 Å². The third kappa shape index (κ3) is 5.72. The molecular formula is C4H6F4. The Morgan fingerprint density at radius 1 is 1.38 bits per heavy atom. The topological polar surface area (TPSA) is 0 Å². The zero-order valence-corrected chi connectivity index (χ0v) is 4.30. The Hall–Kier alpha value is -0.280. The molecule has 1 atom stereocenters. The molecule has 0 amide bonds. The lowest BCUT2D eigenvalue weighted by molar-refractivity contribution is -0.144. The van der Waals surface area contributed by atoms with Crippen molar-refractivity contribution in [2.75, 3.05) is 0 Å². The highest BCUT2D eigenvalue weighted by Gasteiger charge is 2.29. The first-order valence-electron chi connectivity index (χ1n) is 2.12. The van der Waals surface area contributed by atoms with Gasteiger partial charge in [-0.2, -0.15) is 13.2 Å². The van der Waals surface area contributed by atoms with Crippen molar-refractivity contribution in [1.82, 2.24) is 0 Å². The maximum Gasteiger partial charge on any atom is 0.391 e. The number of hydrogen-bond donors (Lipinski definition) is 0. The summed E-state index contributed by atoms with van der Waals surface area (Å²) in [6.45, 7) is 0.882. The molecule has 0 unspecified atom stereocenters. The first kappa shape index (κ1) is 7.72. The Kier molecular flexibility index (Phi) is 2.25. The van der Waals surface area contributed by atoms with Crippen LogP contribution in [0.1, 0.15) is 13.3 Å². The van der Waals surface area contributed by atoms with Crippen molar-refractivity contribution in [2.24, 2.45) is 0 Å². The van der Waals surface area contributed by atoms with Crippen LogP contribution in [0.2, 0.25) is 0 Å². The van der Waals surface area contributed by atoms with Crippen LogP contribution in [0.5, 0.6) is 0 Å². The second-order valence-electron chi connectivity index (χ2n) is 1.60. The number of alkyl halides is 4. The Bertz CT molecular complexity index is 62.9. The SMILES string of the molecule is C[C@H](F)CC(F)(F)F. The molecule has 50 valence electrons. The summed E-state index contributed by atoms with van der Waals surface area (Å²) < 4.78 is 44.7. The highest BCUT2D eigenvalue weighted by Crippen LogP contribution is 2.22. The van der Waals surface area contributed by atoms with Gasteiger partial charge in [-0.05, 0) is 6.92 Å². The summed E-state index contributed by atoms with van der Waals surface area (Å²) in [5.41, 5.74) is 0. The standard InChI is InChI=1S/C4H6F4/c1-3(5)2-4(6,7)8/h3H,2H2,1H3/t3-/m0/s1. The third-order valence-corrected chi connectivity index (χ3v) is 0.513. The van der Waals surface area contributed by atoms with E-state index < -0.39 is 18.8 Å². The van der Waals surface area contributed by atoms with E-state index in [-0.39, 0.29) is 0 Å². The molecule has 0 aromatic heterocycles. The van der Waals surface area contributed by atoms with E-state index in [4.69, 9.17) is 0 Å². The number of hydrogen-bond acceptors (Lipinski definition) is 0. The molecular weight excluding hydrogens is 124 g/mol. The second-order valence-corrected chi connectivity index (χ2v) is 1.60. The van der Waals surface area contributed by atoms with Crippen LogP contribution in [0.15, 0.2) is 0 Å². The predicted molar refractivity (Wildman–Crippen MR) is 21.2 cm³/mol. The van der Waals surface area contributed by atoms with E-state index >= 15 is 0 Å². The molecule has 0 aliphatic carbocycles. The Balaban J connectivity index is 3.39. The highest BCUT2D eigenvalue weighted by atomic mass is 19.4. The van der Waals surface area contributed by atoms with Gasteiger partial charge in [0.1, 0.15) is 6.17 Å². The van der Waals surface area contributed by atoms with E-state index in [1.165, 1.54) is 0 Å². The maximum absolute atomic E-state index is 11.5. The first-order chi connectivity index (χ1) is 3.42. The largest absolute Gasteiger partial charge is 0.391 e. The minimum atomic E-state index is -4.35. The molecule has 0 N–H and O–H groups in total. The molecule has 0 saturated carbocycles. The van der Waals surface area contributed by atoms with Crippen LogP contribution in [-0.4, -0.2) is 12.3 Å². The minimum Gasteiger partial charge on any atom is -0.247 e. The van der Waals surface area contributed by atoms with E-state index in [1.54, 1.807) is 0 Å². The van der Waals surface area contributed by atoms with Gasteiger partial charge in [-0.1, -0.05) is 0 Å². The van der Waals surface area contributed by atoms with Gasteiger partial charge in [0.2, 0.25) is 0 Å². The molecule has 0 nitrogen and oxygen atoms in total. The summed E-state index contributed by atoms with van der Waals surface area (Å²) in [6, 6.07) is 0. The van der Waals surface area contributed by atoms with Crippen LogP contribution in [0, 0.1) is 0 Å². The summed E-state index contributed by atoms with van der Waals surface area (Å²) in [7, 11) is 0. The normalized spacial score (nSPS) is 16.1. The fraction of sp³-hybridized carbons (Fsp3) is 1.00. The van der Waals surface area contributed by atoms with Gasteiger partial charge in [0, 0.05) is 0 Å². The highest BCUT2D eigenvalue weighted by molar-refractivity contribution is 4.54. The molecule has 8 heavy (non-hydrogen) atoms. The lowest BCUT2D eigenvalue weighted by Crippen LogP contribution is -2.12. The van der Waals surface area contributed by atoms with Crippen LogP contribution in [0.3, 0.4) is 0 Å². The number of rotatable bonds is 1. The summed E-state index contributed by atoms with van der Waals surface area (Å²) in [4.78, 5) is 0. The quantitative estimate of drug-likeness (QED) is 0.478. The van der Waals surface area contributed by atoms with Crippen LogP contribution >= 0.6 is 0 Å². The van der Waals surface area contributed by atoms with Gasteiger partial charge in [-0.25, -0.2) is 4.39 Å². The average Bonchev–Trinajstić information content (AvgIpc) is 1.21. The van der Waals surface area contributed by atoms with Crippen molar-refractivity contribution in [3.8, 4) is 0 Å². The summed E-state index contributed by atoms with van der Waals surface area (Å²) in [5.74, 6) is 0. The van der Waals surface area contributed by atoms with Crippen molar-refractivity contribution in [1.29, 1.82) is 0 Å². The molecule has 4 heteroatoms. The van der Waals surface area contributed by atoms with E-state index in [0.717, 1.165) is 6.92 Å². The minimum absolute atomic E-state index is 0.882. The zero-order valence-electron chi connectivity index (χ0n) is 4.30. The molecule has 0 heterocycles. The van der Waals surface area contributed by atoms with E-state index in [1.807, 2.05) is 0 Å². The summed E-state index contributed by atoms with van der Waals surface area (Å²) in [5, 5.41) is 0. The average molecular weight is 130 g/mol. The van der Waals surface area contributed by atoms with Gasteiger partial charge in [0.15, 0.2) is 0 Å². The van der Waals surface area contributed by atoms with Gasteiger partial charge >= 0.3 is 6.18 Å². The van der Waals surface area contributed by atoms with Gasteiger partial charge < -0.3 is 0 Å². The maximum atomic E-state index is 11.5. The van der Waals surface area contributed by atoms with Crippen molar-refractivity contribution < 1.29 is 17.6 Å². The Morgan fingerprint density at radius 2 is 1.75 bits per heavy atom. The molecule has 0 aromatic carbocycles. The monoisotopic (exact) mass is 130 g/mol. The summed E-state index contributed by atoms with van der Waals surface area (Å²) >= 11 is 0. The van der Waals surface area contributed by atoms with Crippen molar-refractivity contribution in [2.45, 2.75) is 25.7 Å². The van der Waals surface area contributed by atoms with Crippen LogP contribution in [-0.2, 0) is 0 Å². The van der Waals surface area contributed by atoms with Crippen LogP contribution in [0.4, 0.5) is 17.6 Å². The molecule has 0 rings (SSSR count). The molecule has 0 aromatic rings. The number of halogens is 4. The molecule has 0 bridgehead atoms. The van der Waals surface area contributed by atoms with Gasteiger partial charge in [0.25, 0.3) is 0 Å². The fourth-order valence-corrected chi connectivity index (χ4v) is 0.319.